The number of rotatable bonds is 3. The van der Waals surface area contributed by atoms with E-state index >= 15 is 0 Å². The molecule has 0 aliphatic carbocycles. The van der Waals surface area contributed by atoms with Crippen LogP contribution in [-0.2, 0) is 16.4 Å². The van der Waals surface area contributed by atoms with Crippen LogP contribution in [0.15, 0.2) is 53.4 Å². The number of nitrogens with one attached hydrogen (secondary N) is 1. The molecule has 3 nitrogen and oxygen atoms in total. The highest BCUT2D eigenvalue weighted by Gasteiger charge is 2.29. The van der Waals surface area contributed by atoms with Crippen molar-refractivity contribution in [1.29, 1.82) is 0 Å². The molecule has 110 valence electrons. The summed E-state index contributed by atoms with van der Waals surface area (Å²) in [5, 5.41) is 4.15. The van der Waals surface area contributed by atoms with E-state index in [1.54, 1.807) is 12.1 Å². The third kappa shape index (κ3) is 3.12. The van der Waals surface area contributed by atoms with E-state index < -0.39 is 9.84 Å². The highest BCUT2D eigenvalue weighted by atomic mass is 35.5. The Morgan fingerprint density at radius 1 is 1.14 bits per heavy atom. The Bertz CT molecular complexity index is 758. The van der Waals surface area contributed by atoms with Crippen LogP contribution in [0.2, 0.25) is 5.02 Å². The first kappa shape index (κ1) is 14.6. The average Bonchev–Trinajstić information content (AvgIpc) is 2.47. The smallest absolute Gasteiger partial charge is 0.178 e. The van der Waals surface area contributed by atoms with Gasteiger partial charge in [-0.2, -0.15) is 0 Å². The van der Waals surface area contributed by atoms with Crippen molar-refractivity contribution in [3.05, 3.63) is 64.7 Å². The topological polar surface area (TPSA) is 46.2 Å². The summed E-state index contributed by atoms with van der Waals surface area (Å²) in [5.74, 6) is 0.192. The summed E-state index contributed by atoms with van der Waals surface area (Å²) in [6.45, 7) is 0.666. The van der Waals surface area contributed by atoms with Gasteiger partial charge in [0.05, 0.1) is 10.6 Å². The van der Waals surface area contributed by atoms with E-state index in [-0.39, 0.29) is 11.8 Å². The Balaban J connectivity index is 1.81. The van der Waals surface area contributed by atoms with Gasteiger partial charge in [0, 0.05) is 17.6 Å². The van der Waals surface area contributed by atoms with Gasteiger partial charge in [-0.05, 0) is 35.7 Å². The number of halogens is 1. The van der Waals surface area contributed by atoms with E-state index in [0.717, 1.165) is 11.1 Å². The Hall–Kier alpha value is -1.36. The van der Waals surface area contributed by atoms with Gasteiger partial charge in [-0.1, -0.05) is 41.9 Å². The molecule has 0 aromatic heterocycles. The van der Waals surface area contributed by atoms with Crippen LogP contribution in [0.3, 0.4) is 0 Å². The molecule has 1 aliphatic heterocycles. The van der Waals surface area contributed by atoms with Gasteiger partial charge in [-0.3, -0.25) is 0 Å². The molecule has 0 saturated carbocycles. The molecule has 0 spiro atoms. The van der Waals surface area contributed by atoms with Crippen LogP contribution in [0.25, 0.3) is 0 Å². The molecule has 0 fully saturated rings. The highest BCUT2D eigenvalue weighted by molar-refractivity contribution is 7.91. The van der Waals surface area contributed by atoms with Crippen LogP contribution in [0.5, 0.6) is 0 Å². The minimum Gasteiger partial charge on any atom is -0.306 e. The standard InChI is InChI=1S/C16H16ClNO2S/c17-13-5-3-4-12(10-13)11-18-15-8-9-21(19,20)16-7-2-1-6-14(15)16/h1-7,10,15,18H,8-9,11H2. The summed E-state index contributed by atoms with van der Waals surface area (Å²) in [7, 11) is -3.13. The van der Waals surface area contributed by atoms with Crippen molar-refractivity contribution in [3.63, 3.8) is 0 Å². The second-order valence-electron chi connectivity index (χ2n) is 5.21. The molecular formula is C16H16ClNO2S. The Labute approximate surface area is 129 Å². The molecule has 1 heterocycles. The summed E-state index contributed by atoms with van der Waals surface area (Å²) >= 11 is 5.98. The fraction of sp³-hybridized carbons (Fsp3) is 0.250. The van der Waals surface area contributed by atoms with Crippen molar-refractivity contribution >= 4 is 21.4 Å². The number of hydrogen-bond donors (Lipinski definition) is 1. The lowest BCUT2D eigenvalue weighted by Gasteiger charge is -2.26. The van der Waals surface area contributed by atoms with Gasteiger partial charge >= 0.3 is 0 Å². The molecular weight excluding hydrogens is 306 g/mol. The van der Waals surface area contributed by atoms with Gasteiger partial charge < -0.3 is 5.32 Å². The van der Waals surface area contributed by atoms with Crippen molar-refractivity contribution in [2.45, 2.75) is 23.9 Å². The van der Waals surface area contributed by atoms with Crippen LogP contribution >= 0.6 is 11.6 Å². The van der Waals surface area contributed by atoms with Gasteiger partial charge in [0.25, 0.3) is 0 Å². The number of sulfone groups is 1. The van der Waals surface area contributed by atoms with Crippen molar-refractivity contribution in [2.24, 2.45) is 0 Å². The maximum absolute atomic E-state index is 12.1. The lowest BCUT2D eigenvalue weighted by molar-refractivity contribution is 0.491. The maximum Gasteiger partial charge on any atom is 0.178 e. The van der Waals surface area contributed by atoms with Crippen molar-refractivity contribution < 1.29 is 8.42 Å². The lowest BCUT2D eigenvalue weighted by atomic mass is 10.0. The van der Waals surface area contributed by atoms with Gasteiger partial charge in [0.2, 0.25) is 0 Å². The lowest BCUT2D eigenvalue weighted by Crippen LogP contribution is -2.29. The zero-order valence-corrected chi connectivity index (χ0v) is 13.0. The van der Waals surface area contributed by atoms with Crippen molar-refractivity contribution in [3.8, 4) is 0 Å². The highest BCUT2D eigenvalue weighted by Crippen LogP contribution is 2.32. The molecule has 0 bridgehead atoms. The van der Waals surface area contributed by atoms with Crippen LogP contribution < -0.4 is 5.32 Å². The minimum atomic E-state index is -3.13. The molecule has 1 atom stereocenters. The molecule has 2 aromatic rings. The van der Waals surface area contributed by atoms with Crippen LogP contribution in [0, 0.1) is 0 Å². The predicted molar refractivity (Wildman–Crippen MR) is 84.1 cm³/mol. The number of fused-ring (bicyclic) bond motifs is 1. The van der Waals surface area contributed by atoms with E-state index in [0.29, 0.717) is 22.9 Å². The molecule has 1 N–H and O–H groups in total. The molecule has 1 unspecified atom stereocenters. The number of benzene rings is 2. The second-order valence-corrected chi connectivity index (χ2v) is 7.72. The Kier molecular flexibility index (Phi) is 4.02. The summed E-state index contributed by atoms with van der Waals surface area (Å²) in [5.41, 5.74) is 1.96. The molecule has 2 aromatic carbocycles. The van der Waals surface area contributed by atoms with Crippen LogP contribution in [-0.4, -0.2) is 14.2 Å². The predicted octanol–water partition coefficient (Wildman–Crippen LogP) is 3.35. The van der Waals surface area contributed by atoms with Gasteiger partial charge in [-0.15, -0.1) is 0 Å². The fourth-order valence-corrected chi connectivity index (χ4v) is 4.52. The summed E-state index contributed by atoms with van der Waals surface area (Å²) < 4.78 is 24.2. The Morgan fingerprint density at radius 2 is 1.95 bits per heavy atom. The molecule has 21 heavy (non-hydrogen) atoms. The van der Waals surface area contributed by atoms with Gasteiger partial charge in [0.1, 0.15) is 0 Å². The van der Waals surface area contributed by atoms with E-state index in [1.165, 1.54) is 0 Å². The van der Waals surface area contributed by atoms with Crippen molar-refractivity contribution in [2.75, 3.05) is 5.75 Å². The quantitative estimate of drug-likeness (QED) is 0.943. The fourth-order valence-electron chi connectivity index (χ4n) is 2.69. The SMILES string of the molecule is O=S1(=O)CCC(NCc2cccc(Cl)c2)c2ccccc21. The zero-order chi connectivity index (χ0) is 14.9. The molecule has 1 aliphatic rings. The van der Waals surface area contributed by atoms with E-state index in [2.05, 4.69) is 5.32 Å². The second kappa shape index (κ2) is 5.79. The summed E-state index contributed by atoms with van der Waals surface area (Å²) in [6.07, 6.45) is 0.597. The molecule has 0 radical (unpaired) electrons. The van der Waals surface area contributed by atoms with E-state index in [4.69, 9.17) is 11.6 Å². The summed E-state index contributed by atoms with van der Waals surface area (Å²) in [6, 6.07) is 15.0. The van der Waals surface area contributed by atoms with E-state index in [1.807, 2.05) is 36.4 Å². The average molecular weight is 322 g/mol. The van der Waals surface area contributed by atoms with Crippen LogP contribution in [0.1, 0.15) is 23.6 Å². The third-order valence-electron chi connectivity index (χ3n) is 3.75. The normalized spacial score (nSPS) is 20.0. The molecule has 0 saturated heterocycles. The Morgan fingerprint density at radius 3 is 2.76 bits per heavy atom. The largest absolute Gasteiger partial charge is 0.306 e. The molecule has 0 amide bonds. The zero-order valence-electron chi connectivity index (χ0n) is 11.4. The maximum atomic E-state index is 12.1. The van der Waals surface area contributed by atoms with E-state index in [9.17, 15) is 8.42 Å². The van der Waals surface area contributed by atoms with Crippen molar-refractivity contribution in [1.82, 2.24) is 5.32 Å². The van der Waals surface area contributed by atoms with Crippen LogP contribution in [0.4, 0.5) is 0 Å². The third-order valence-corrected chi connectivity index (χ3v) is 5.80. The first-order valence-corrected chi connectivity index (χ1v) is 8.89. The van der Waals surface area contributed by atoms with Gasteiger partial charge in [0.15, 0.2) is 9.84 Å². The number of hydrogen-bond acceptors (Lipinski definition) is 3. The minimum absolute atomic E-state index is 0.0590. The molecule has 5 heteroatoms. The first-order valence-electron chi connectivity index (χ1n) is 6.86. The van der Waals surface area contributed by atoms with Gasteiger partial charge in [-0.25, -0.2) is 8.42 Å². The first-order chi connectivity index (χ1) is 10.1. The summed E-state index contributed by atoms with van der Waals surface area (Å²) in [4.78, 5) is 0.458. The monoisotopic (exact) mass is 321 g/mol. The molecule has 3 rings (SSSR count).